The van der Waals surface area contributed by atoms with E-state index in [1.54, 1.807) is 12.0 Å². The Hall–Kier alpha value is -1.59. The summed E-state index contributed by atoms with van der Waals surface area (Å²) in [5, 5.41) is 2.96. The molecule has 0 bridgehead atoms. The number of ether oxygens (including phenoxy) is 1. The summed E-state index contributed by atoms with van der Waals surface area (Å²) in [7, 11) is 3.53. The van der Waals surface area contributed by atoms with E-state index in [2.05, 4.69) is 10.2 Å². The number of methoxy groups -OCH3 is 1. The number of anilines is 1. The largest absolute Gasteiger partial charge is 0.377 e. The molecule has 1 atom stereocenters. The number of rotatable bonds is 7. The lowest BCUT2D eigenvalue weighted by Crippen LogP contribution is -2.34. The van der Waals surface area contributed by atoms with E-state index in [0.29, 0.717) is 0 Å². The normalized spacial score (nSPS) is 16.3. The van der Waals surface area contributed by atoms with Gasteiger partial charge in [-0.15, -0.1) is 0 Å². The minimum absolute atomic E-state index is 0.0186. The number of likely N-dealkylation sites (tertiary alicyclic amines) is 1. The third-order valence-electron chi connectivity index (χ3n) is 4.47. The standard InChI is InChI=1S/C18H29N3O2/c1-15(23-3)16-8-6-9-17(14-16)19-18(22)20(2)10-7-13-21-11-4-5-12-21/h6,8-9,14-15H,4-5,7,10-13H2,1-3H3,(H,19,22)/t15-/m0/s1. The van der Waals surface area contributed by atoms with E-state index in [1.165, 1.54) is 25.9 Å². The van der Waals surface area contributed by atoms with Crippen molar-refractivity contribution in [2.45, 2.75) is 32.3 Å². The molecule has 23 heavy (non-hydrogen) atoms. The summed E-state index contributed by atoms with van der Waals surface area (Å²) in [6.07, 6.45) is 3.66. The molecule has 2 amide bonds. The molecule has 128 valence electrons. The van der Waals surface area contributed by atoms with Gasteiger partial charge in [0.1, 0.15) is 0 Å². The fourth-order valence-corrected chi connectivity index (χ4v) is 2.86. The molecule has 0 spiro atoms. The van der Waals surface area contributed by atoms with Gasteiger partial charge in [0.2, 0.25) is 0 Å². The van der Waals surface area contributed by atoms with E-state index in [0.717, 1.165) is 30.8 Å². The first-order valence-corrected chi connectivity index (χ1v) is 8.47. The summed E-state index contributed by atoms with van der Waals surface area (Å²) in [5.41, 5.74) is 1.87. The van der Waals surface area contributed by atoms with Gasteiger partial charge < -0.3 is 19.9 Å². The van der Waals surface area contributed by atoms with E-state index in [-0.39, 0.29) is 12.1 Å². The molecule has 0 saturated carbocycles. The van der Waals surface area contributed by atoms with Gasteiger partial charge in [-0.05, 0) is 63.5 Å². The molecule has 5 heteroatoms. The third-order valence-corrected chi connectivity index (χ3v) is 4.47. The van der Waals surface area contributed by atoms with Crippen LogP contribution in [0.5, 0.6) is 0 Å². The van der Waals surface area contributed by atoms with Gasteiger partial charge >= 0.3 is 6.03 Å². The molecule has 5 nitrogen and oxygen atoms in total. The van der Waals surface area contributed by atoms with E-state index in [4.69, 9.17) is 4.74 Å². The van der Waals surface area contributed by atoms with Crippen LogP contribution in [0.25, 0.3) is 0 Å². The van der Waals surface area contributed by atoms with Crippen LogP contribution < -0.4 is 5.32 Å². The summed E-state index contributed by atoms with van der Waals surface area (Å²) in [6.45, 7) is 6.27. The summed E-state index contributed by atoms with van der Waals surface area (Å²) in [6, 6.07) is 7.75. The van der Waals surface area contributed by atoms with Crippen molar-refractivity contribution in [3.05, 3.63) is 29.8 Å². The van der Waals surface area contributed by atoms with Gasteiger partial charge in [0, 0.05) is 26.4 Å². The summed E-state index contributed by atoms with van der Waals surface area (Å²) in [5.74, 6) is 0. The van der Waals surface area contributed by atoms with Crippen molar-refractivity contribution in [1.82, 2.24) is 9.80 Å². The van der Waals surface area contributed by atoms with Crippen molar-refractivity contribution in [1.29, 1.82) is 0 Å². The highest BCUT2D eigenvalue weighted by atomic mass is 16.5. The molecule has 1 fully saturated rings. The zero-order valence-corrected chi connectivity index (χ0v) is 14.5. The van der Waals surface area contributed by atoms with Crippen LogP contribution in [0.15, 0.2) is 24.3 Å². The Morgan fingerprint density at radius 3 is 2.83 bits per heavy atom. The second-order valence-electron chi connectivity index (χ2n) is 6.26. The molecule has 1 aliphatic heterocycles. The van der Waals surface area contributed by atoms with Crippen LogP contribution in [0.1, 0.15) is 37.9 Å². The molecule has 0 aromatic heterocycles. The number of hydrogen-bond donors (Lipinski definition) is 1. The molecule has 0 aliphatic carbocycles. The molecule has 1 heterocycles. The van der Waals surface area contributed by atoms with Crippen LogP contribution in [0.3, 0.4) is 0 Å². The van der Waals surface area contributed by atoms with Crippen LogP contribution in [0, 0.1) is 0 Å². The van der Waals surface area contributed by atoms with Gasteiger partial charge in [0.15, 0.2) is 0 Å². The maximum absolute atomic E-state index is 12.3. The van der Waals surface area contributed by atoms with Crippen molar-refractivity contribution >= 4 is 11.7 Å². The van der Waals surface area contributed by atoms with E-state index < -0.39 is 0 Å². The number of nitrogens with zero attached hydrogens (tertiary/aromatic N) is 2. The Labute approximate surface area is 139 Å². The molecule has 1 aromatic rings. The van der Waals surface area contributed by atoms with Crippen molar-refractivity contribution in [2.24, 2.45) is 0 Å². The van der Waals surface area contributed by atoms with E-state index in [9.17, 15) is 4.79 Å². The number of amides is 2. The monoisotopic (exact) mass is 319 g/mol. The summed E-state index contributed by atoms with van der Waals surface area (Å²) >= 11 is 0. The molecule has 0 radical (unpaired) electrons. The van der Waals surface area contributed by atoms with Gasteiger partial charge in [-0.2, -0.15) is 0 Å². The molecule has 1 saturated heterocycles. The van der Waals surface area contributed by atoms with Gasteiger partial charge in [-0.25, -0.2) is 4.79 Å². The van der Waals surface area contributed by atoms with Crippen molar-refractivity contribution < 1.29 is 9.53 Å². The Kier molecular flexibility index (Phi) is 6.86. The quantitative estimate of drug-likeness (QED) is 0.838. The van der Waals surface area contributed by atoms with Gasteiger partial charge in [-0.1, -0.05) is 12.1 Å². The second kappa shape index (κ2) is 8.89. The molecule has 1 aliphatic rings. The maximum Gasteiger partial charge on any atom is 0.321 e. The fraction of sp³-hybridized carbons (Fsp3) is 0.611. The van der Waals surface area contributed by atoms with Crippen molar-refractivity contribution in [3.8, 4) is 0 Å². The highest BCUT2D eigenvalue weighted by Crippen LogP contribution is 2.19. The first kappa shape index (κ1) is 17.8. The topological polar surface area (TPSA) is 44.8 Å². The molecule has 0 unspecified atom stereocenters. The Bertz CT molecular complexity index is 501. The summed E-state index contributed by atoms with van der Waals surface area (Å²) < 4.78 is 5.32. The zero-order valence-electron chi connectivity index (χ0n) is 14.5. The highest BCUT2D eigenvalue weighted by molar-refractivity contribution is 5.89. The van der Waals surface area contributed by atoms with Gasteiger partial charge in [-0.3, -0.25) is 0 Å². The average molecular weight is 319 g/mol. The van der Waals surface area contributed by atoms with Crippen LogP contribution in [-0.4, -0.2) is 56.2 Å². The number of urea groups is 1. The lowest BCUT2D eigenvalue weighted by atomic mass is 10.1. The number of hydrogen-bond acceptors (Lipinski definition) is 3. The van der Waals surface area contributed by atoms with Gasteiger partial charge in [0.05, 0.1) is 6.10 Å². The molecular weight excluding hydrogens is 290 g/mol. The predicted octanol–water partition coefficient (Wildman–Crippen LogP) is 3.34. The van der Waals surface area contributed by atoms with Crippen molar-refractivity contribution in [2.75, 3.05) is 45.7 Å². The smallest absolute Gasteiger partial charge is 0.321 e. The lowest BCUT2D eigenvalue weighted by Gasteiger charge is -2.20. The van der Waals surface area contributed by atoms with Crippen LogP contribution in [0.2, 0.25) is 0 Å². The number of carbonyl (C=O) groups is 1. The van der Waals surface area contributed by atoms with E-state index in [1.807, 2.05) is 38.2 Å². The van der Waals surface area contributed by atoms with Gasteiger partial charge in [0.25, 0.3) is 0 Å². The average Bonchev–Trinajstić information content (AvgIpc) is 3.07. The minimum Gasteiger partial charge on any atom is -0.377 e. The first-order valence-electron chi connectivity index (χ1n) is 8.47. The Morgan fingerprint density at radius 2 is 2.13 bits per heavy atom. The number of carbonyl (C=O) groups excluding carboxylic acids is 1. The Balaban J connectivity index is 1.78. The van der Waals surface area contributed by atoms with Crippen LogP contribution in [-0.2, 0) is 4.74 Å². The fourth-order valence-electron chi connectivity index (χ4n) is 2.86. The SMILES string of the molecule is CO[C@@H](C)c1cccc(NC(=O)N(C)CCCN2CCCC2)c1. The maximum atomic E-state index is 12.3. The van der Waals surface area contributed by atoms with Crippen molar-refractivity contribution in [3.63, 3.8) is 0 Å². The molecular formula is C18H29N3O2. The molecule has 1 N–H and O–H groups in total. The molecule has 1 aromatic carbocycles. The molecule has 2 rings (SSSR count). The predicted molar refractivity (Wildman–Crippen MR) is 93.8 cm³/mol. The second-order valence-corrected chi connectivity index (χ2v) is 6.26. The number of nitrogens with one attached hydrogen (secondary N) is 1. The third kappa shape index (κ3) is 5.52. The van der Waals surface area contributed by atoms with Crippen LogP contribution >= 0.6 is 0 Å². The number of benzene rings is 1. The zero-order chi connectivity index (χ0) is 16.7. The lowest BCUT2D eigenvalue weighted by molar-refractivity contribution is 0.119. The van der Waals surface area contributed by atoms with Crippen LogP contribution in [0.4, 0.5) is 10.5 Å². The first-order chi connectivity index (χ1) is 11.1. The minimum atomic E-state index is -0.0614. The summed E-state index contributed by atoms with van der Waals surface area (Å²) in [4.78, 5) is 16.5. The Morgan fingerprint density at radius 1 is 1.39 bits per heavy atom. The van der Waals surface area contributed by atoms with E-state index >= 15 is 0 Å². The highest BCUT2D eigenvalue weighted by Gasteiger charge is 2.13.